The Hall–Kier alpha value is -2.13. The minimum atomic E-state index is -0.196. The van der Waals surface area contributed by atoms with Crippen molar-refractivity contribution in [3.8, 4) is 0 Å². The highest BCUT2D eigenvalue weighted by Crippen LogP contribution is 2.47. The fourth-order valence-electron chi connectivity index (χ4n) is 2.79. The molecule has 0 saturated carbocycles. The van der Waals surface area contributed by atoms with E-state index < -0.39 is 0 Å². The molecule has 1 saturated heterocycles. The van der Waals surface area contributed by atoms with Crippen LogP contribution in [0.4, 0.5) is 0 Å². The topological polar surface area (TPSA) is 29.3 Å². The summed E-state index contributed by atoms with van der Waals surface area (Å²) in [7, 11) is 1.43. The summed E-state index contributed by atoms with van der Waals surface area (Å²) >= 11 is 0. The van der Waals surface area contributed by atoms with Gasteiger partial charge in [0.25, 0.3) is 0 Å². The number of carbonyl (C=O) groups is 1. The second kappa shape index (κ2) is 5.10. The van der Waals surface area contributed by atoms with Gasteiger partial charge in [0.15, 0.2) is 0 Å². The van der Waals surface area contributed by atoms with Gasteiger partial charge in [0.05, 0.1) is 19.2 Å². The summed E-state index contributed by atoms with van der Waals surface area (Å²) in [5.74, 6) is -0.196. The van der Waals surface area contributed by atoms with Crippen molar-refractivity contribution >= 4 is 5.97 Å². The quantitative estimate of drug-likeness (QED) is 0.629. The lowest BCUT2D eigenvalue weighted by Gasteiger charge is -2.18. The molecule has 0 aliphatic carbocycles. The SMILES string of the molecule is COC(=O)CN1CC1(c1ccccc1)c1ccccc1. The molecule has 1 aliphatic rings. The van der Waals surface area contributed by atoms with Crippen molar-refractivity contribution in [2.45, 2.75) is 5.54 Å². The van der Waals surface area contributed by atoms with Crippen molar-refractivity contribution < 1.29 is 9.53 Å². The first kappa shape index (κ1) is 12.9. The Morgan fingerprint density at radius 2 is 1.55 bits per heavy atom. The Morgan fingerprint density at radius 1 is 1.05 bits per heavy atom. The van der Waals surface area contributed by atoms with Crippen molar-refractivity contribution in [2.24, 2.45) is 0 Å². The van der Waals surface area contributed by atoms with Gasteiger partial charge in [0, 0.05) is 6.54 Å². The van der Waals surface area contributed by atoms with Crippen LogP contribution in [0.1, 0.15) is 11.1 Å². The molecule has 1 unspecified atom stereocenters. The van der Waals surface area contributed by atoms with Gasteiger partial charge in [-0.25, -0.2) is 0 Å². The van der Waals surface area contributed by atoms with Gasteiger partial charge in [-0.3, -0.25) is 9.69 Å². The second-order valence-corrected chi connectivity index (χ2v) is 5.02. The molecule has 1 heterocycles. The molecule has 20 heavy (non-hydrogen) atoms. The van der Waals surface area contributed by atoms with Crippen LogP contribution in [0.25, 0.3) is 0 Å². The van der Waals surface area contributed by atoms with E-state index in [1.165, 1.54) is 18.2 Å². The average Bonchev–Trinajstić information content (AvgIpc) is 3.24. The molecule has 0 aromatic heterocycles. The number of nitrogens with zero attached hydrogens (tertiary/aromatic N) is 1. The lowest BCUT2D eigenvalue weighted by Crippen LogP contribution is -2.23. The summed E-state index contributed by atoms with van der Waals surface area (Å²) in [6.45, 7) is 1.16. The first-order valence-corrected chi connectivity index (χ1v) is 6.70. The molecule has 0 bridgehead atoms. The van der Waals surface area contributed by atoms with E-state index in [2.05, 4.69) is 29.2 Å². The highest BCUT2D eigenvalue weighted by atomic mass is 16.5. The van der Waals surface area contributed by atoms with Crippen LogP contribution in [-0.4, -0.2) is 31.1 Å². The Morgan fingerprint density at radius 3 is 2.00 bits per heavy atom. The molecule has 3 nitrogen and oxygen atoms in total. The van der Waals surface area contributed by atoms with Crippen molar-refractivity contribution in [3.63, 3.8) is 0 Å². The smallest absolute Gasteiger partial charge is 0.319 e. The predicted octanol–water partition coefficient (Wildman–Crippen LogP) is 2.42. The second-order valence-electron chi connectivity index (χ2n) is 5.02. The third-order valence-corrected chi connectivity index (χ3v) is 3.91. The number of ether oxygens (including phenoxy) is 1. The summed E-state index contributed by atoms with van der Waals surface area (Å²) in [4.78, 5) is 13.7. The number of hydrogen-bond donors (Lipinski definition) is 0. The maximum atomic E-state index is 11.5. The maximum Gasteiger partial charge on any atom is 0.319 e. The molecule has 0 amide bonds. The van der Waals surface area contributed by atoms with E-state index in [1.54, 1.807) is 0 Å². The van der Waals surface area contributed by atoms with Gasteiger partial charge in [-0.2, -0.15) is 0 Å². The van der Waals surface area contributed by atoms with Crippen LogP contribution in [0.2, 0.25) is 0 Å². The Kier molecular flexibility index (Phi) is 3.28. The van der Waals surface area contributed by atoms with Crippen molar-refractivity contribution in [1.29, 1.82) is 0 Å². The average molecular weight is 267 g/mol. The highest BCUT2D eigenvalue weighted by molar-refractivity contribution is 5.72. The van der Waals surface area contributed by atoms with Crippen LogP contribution in [0.3, 0.4) is 0 Å². The number of rotatable bonds is 4. The first-order chi connectivity index (χ1) is 9.77. The molecule has 102 valence electrons. The molecule has 2 aromatic rings. The van der Waals surface area contributed by atoms with Gasteiger partial charge in [0.2, 0.25) is 0 Å². The molecule has 0 radical (unpaired) electrons. The Balaban J connectivity index is 1.97. The van der Waals surface area contributed by atoms with Crippen LogP contribution >= 0.6 is 0 Å². The predicted molar refractivity (Wildman–Crippen MR) is 77.3 cm³/mol. The third-order valence-electron chi connectivity index (χ3n) is 3.91. The third kappa shape index (κ3) is 2.10. The molecule has 1 fully saturated rings. The van der Waals surface area contributed by atoms with Crippen LogP contribution in [0.5, 0.6) is 0 Å². The monoisotopic (exact) mass is 267 g/mol. The lowest BCUT2D eigenvalue weighted by atomic mass is 9.91. The standard InChI is InChI=1S/C17H17NO2/c1-20-16(19)12-18-13-17(18,14-8-4-2-5-9-14)15-10-6-3-7-11-15/h2-11H,12-13H2,1H3. The molecule has 3 heteroatoms. The molecule has 0 spiro atoms. The number of methoxy groups -OCH3 is 1. The first-order valence-electron chi connectivity index (χ1n) is 6.70. The summed E-state index contributed by atoms with van der Waals surface area (Å²) < 4.78 is 4.79. The van der Waals surface area contributed by atoms with E-state index in [0.717, 1.165) is 6.54 Å². The van der Waals surface area contributed by atoms with Gasteiger partial charge in [-0.1, -0.05) is 60.7 Å². The number of esters is 1. The van der Waals surface area contributed by atoms with Crippen LogP contribution in [0.15, 0.2) is 60.7 Å². The van der Waals surface area contributed by atoms with Crippen molar-refractivity contribution in [2.75, 3.05) is 20.2 Å². The maximum absolute atomic E-state index is 11.5. The highest BCUT2D eigenvalue weighted by Gasteiger charge is 2.55. The van der Waals surface area contributed by atoms with E-state index in [4.69, 9.17) is 4.74 Å². The van der Waals surface area contributed by atoms with Gasteiger partial charge in [-0.15, -0.1) is 0 Å². The van der Waals surface area contributed by atoms with Gasteiger partial charge in [-0.05, 0) is 11.1 Å². The lowest BCUT2D eigenvalue weighted by molar-refractivity contribution is -0.140. The van der Waals surface area contributed by atoms with E-state index in [0.29, 0.717) is 6.54 Å². The summed E-state index contributed by atoms with van der Waals surface area (Å²) in [6, 6.07) is 20.6. The van der Waals surface area contributed by atoms with Crippen molar-refractivity contribution in [3.05, 3.63) is 71.8 Å². The minimum Gasteiger partial charge on any atom is -0.468 e. The minimum absolute atomic E-state index is 0.184. The zero-order chi connectivity index (χ0) is 14.0. The van der Waals surface area contributed by atoms with E-state index in [1.807, 2.05) is 36.4 Å². The molecule has 3 rings (SSSR count). The molecule has 0 N–H and O–H groups in total. The normalized spacial score (nSPS) is 19.4. The number of carbonyl (C=O) groups excluding carboxylic acids is 1. The molecular weight excluding hydrogens is 250 g/mol. The Bertz CT molecular complexity index is 555. The summed E-state index contributed by atoms with van der Waals surface area (Å²) in [5.41, 5.74) is 2.25. The fourth-order valence-corrected chi connectivity index (χ4v) is 2.79. The van der Waals surface area contributed by atoms with E-state index >= 15 is 0 Å². The number of benzene rings is 2. The summed E-state index contributed by atoms with van der Waals surface area (Å²) in [5, 5.41) is 0. The van der Waals surface area contributed by atoms with Crippen molar-refractivity contribution in [1.82, 2.24) is 4.90 Å². The zero-order valence-electron chi connectivity index (χ0n) is 11.5. The Labute approximate surface area is 118 Å². The summed E-state index contributed by atoms with van der Waals surface area (Å²) in [6.07, 6.45) is 0. The molecule has 1 atom stereocenters. The molecule has 1 aliphatic heterocycles. The molecule has 2 aromatic carbocycles. The van der Waals surface area contributed by atoms with Crippen LogP contribution in [-0.2, 0) is 15.1 Å². The largest absolute Gasteiger partial charge is 0.468 e. The van der Waals surface area contributed by atoms with Gasteiger partial charge >= 0.3 is 5.97 Å². The number of hydrogen-bond acceptors (Lipinski definition) is 3. The zero-order valence-corrected chi connectivity index (χ0v) is 11.5. The van der Waals surface area contributed by atoms with Gasteiger partial charge < -0.3 is 4.74 Å². The molecular formula is C17H17NO2. The van der Waals surface area contributed by atoms with Crippen LogP contribution < -0.4 is 0 Å². The van der Waals surface area contributed by atoms with Gasteiger partial charge in [0.1, 0.15) is 0 Å². The fraction of sp³-hybridized carbons (Fsp3) is 0.235. The van der Waals surface area contributed by atoms with E-state index in [9.17, 15) is 4.79 Å². The van der Waals surface area contributed by atoms with Crippen LogP contribution in [0, 0.1) is 0 Å². The van der Waals surface area contributed by atoms with E-state index in [-0.39, 0.29) is 11.5 Å².